The lowest BCUT2D eigenvalue weighted by Crippen LogP contribution is -2.39. The minimum atomic E-state index is 0.161. The van der Waals surface area contributed by atoms with E-state index in [4.69, 9.17) is 4.52 Å². The van der Waals surface area contributed by atoms with Crippen LogP contribution in [0.4, 0.5) is 0 Å². The first-order chi connectivity index (χ1) is 10.1. The van der Waals surface area contributed by atoms with Crippen LogP contribution in [0.15, 0.2) is 39.8 Å². The van der Waals surface area contributed by atoms with Crippen molar-refractivity contribution in [3.63, 3.8) is 0 Å². The van der Waals surface area contributed by atoms with Crippen molar-refractivity contribution in [2.75, 3.05) is 6.54 Å². The molecule has 1 N–H and O–H groups in total. The molecule has 2 heterocycles. The minimum Gasteiger partial charge on any atom is -0.338 e. The van der Waals surface area contributed by atoms with E-state index in [9.17, 15) is 0 Å². The number of hydrogen-bond donors (Lipinski definition) is 1. The van der Waals surface area contributed by atoms with Crippen LogP contribution in [0.5, 0.6) is 0 Å². The first-order valence-corrected chi connectivity index (χ1v) is 8.37. The summed E-state index contributed by atoms with van der Waals surface area (Å²) in [5, 5.41) is 7.63. The van der Waals surface area contributed by atoms with Gasteiger partial charge in [-0.25, -0.2) is 0 Å². The van der Waals surface area contributed by atoms with Gasteiger partial charge in [-0.15, -0.1) is 11.8 Å². The van der Waals surface area contributed by atoms with E-state index in [1.165, 1.54) is 17.7 Å². The van der Waals surface area contributed by atoms with Gasteiger partial charge in [0.2, 0.25) is 5.89 Å². The number of rotatable bonds is 4. The van der Waals surface area contributed by atoms with Crippen molar-refractivity contribution in [2.24, 2.45) is 5.41 Å². The molecule has 1 aliphatic heterocycles. The lowest BCUT2D eigenvalue weighted by molar-refractivity contribution is 0.146. The summed E-state index contributed by atoms with van der Waals surface area (Å²) in [5.74, 6) is 2.23. The summed E-state index contributed by atoms with van der Waals surface area (Å²) in [6.45, 7) is 5.53. The molecule has 1 fully saturated rings. The summed E-state index contributed by atoms with van der Waals surface area (Å²) >= 11 is 1.73. The van der Waals surface area contributed by atoms with E-state index < -0.39 is 0 Å². The van der Waals surface area contributed by atoms with Crippen LogP contribution in [0.25, 0.3) is 0 Å². The molecule has 0 spiro atoms. The van der Waals surface area contributed by atoms with E-state index in [1.54, 1.807) is 11.8 Å². The third-order valence-corrected chi connectivity index (χ3v) is 4.98. The number of nitrogens with zero attached hydrogens (tertiary/aromatic N) is 2. The van der Waals surface area contributed by atoms with Crippen molar-refractivity contribution in [1.29, 1.82) is 0 Å². The van der Waals surface area contributed by atoms with E-state index in [-0.39, 0.29) is 11.5 Å². The third kappa shape index (κ3) is 3.47. The molecule has 1 aromatic carbocycles. The van der Waals surface area contributed by atoms with Crippen molar-refractivity contribution in [3.8, 4) is 0 Å². The van der Waals surface area contributed by atoms with Gasteiger partial charge in [-0.2, -0.15) is 4.98 Å². The predicted octanol–water partition coefficient (Wildman–Crippen LogP) is 3.81. The van der Waals surface area contributed by atoms with Gasteiger partial charge in [0.15, 0.2) is 5.82 Å². The van der Waals surface area contributed by atoms with Crippen molar-refractivity contribution < 1.29 is 4.52 Å². The molecule has 1 unspecified atom stereocenters. The molecule has 0 radical (unpaired) electrons. The molecule has 0 amide bonds. The highest BCUT2D eigenvalue weighted by Gasteiger charge is 2.36. The monoisotopic (exact) mass is 303 g/mol. The summed E-state index contributed by atoms with van der Waals surface area (Å²) in [7, 11) is 0. The van der Waals surface area contributed by atoms with E-state index in [2.05, 4.69) is 41.4 Å². The smallest absolute Gasteiger partial charge is 0.244 e. The molecular formula is C16H21N3OS. The molecule has 1 aromatic heterocycles. The molecule has 1 aliphatic rings. The standard InChI is InChI=1S/C16H21N3OS/c1-16(2)9-6-10-17-14(16)15-18-13(19-20-15)11-21-12-7-4-3-5-8-12/h3-5,7-8,14,17H,6,9-11H2,1-2H3. The molecule has 0 bridgehead atoms. The zero-order valence-corrected chi connectivity index (χ0v) is 13.3. The van der Waals surface area contributed by atoms with Gasteiger partial charge >= 0.3 is 0 Å². The summed E-state index contributed by atoms with van der Waals surface area (Å²) < 4.78 is 5.49. The zero-order valence-electron chi connectivity index (χ0n) is 12.5. The van der Waals surface area contributed by atoms with E-state index in [0.717, 1.165) is 24.0 Å². The van der Waals surface area contributed by atoms with Crippen LogP contribution >= 0.6 is 11.8 Å². The third-order valence-electron chi connectivity index (χ3n) is 3.97. The highest BCUT2D eigenvalue weighted by atomic mass is 32.2. The average molecular weight is 303 g/mol. The lowest BCUT2D eigenvalue weighted by atomic mass is 9.77. The number of piperidine rings is 1. The average Bonchev–Trinajstić information content (AvgIpc) is 2.94. The molecule has 21 heavy (non-hydrogen) atoms. The molecule has 3 rings (SSSR count). The molecule has 4 nitrogen and oxygen atoms in total. The molecule has 5 heteroatoms. The predicted molar refractivity (Wildman–Crippen MR) is 84.1 cm³/mol. The van der Waals surface area contributed by atoms with Crippen molar-refractivity contribution in [3.05, 3.63) is 42.0 Å². The molecule has 2 aromatic rings. The highest BCUT2D eigenvalue weighted by molar-refractivity contribution is 7.98. The maximum Gasteiger partial charge on any atom is 0.244 e. The Kier molecular flexibility index (Phi) is 4.31. The van der Waals surface area contributed by atoms with Crippen LogP contribution in [0.3, 0.4) is 0 Å². The molecule has 0 aliphatic carbocycles. The van der Waals surface area contributed by atoms with Crippen LogP contribution in [0.2, 0.25) is 0 Å². The van der Waals surface area contributed by atoms with E-state index in [1.807, 2.05) is 18.2 Å². The van der Waals surface area contributed by atoms with Crippen molar-refractivity contribution in [2.45, 2.75) is 43.4 Å². The lowest BCUT2D eigenvalue weighted by Gasteiger charge is -2.36. The largest absolute Gasteiger partial charge is 0.338 e. The van der Waals surface area contributed by atoms with Gasteiger partial charge in [-0.1, -0.05) is 37.2 Å². The fraction of sp³-hybridized carbons (Fsp3) is 0.500. The van der Waals surface area contributed by atoms with Crippen molar-refractivity contribution in [1.82, 2.24) is 15.5 Å². The Bertz CT molecular complexity index is 582. The first-order valence-electron chi connectivity index (χ1n) is 7.39. The first kappa shape index (κ1) is 14.6. The normalized spacial score (nSPS) is 21.3. The Balaban J connectivity index is 1.66. The number of benzene rings is 1. The van der Waals surface area contributed by atoms with Crippen LogP contribution in [-0.2, 0) is 5.75 Å². The Morgan fingerprint density at radius 3 is 2.90 bits per heavy atom. The fourth-order valence-corrected chi connectivity index (χ4v) is 3.50. The molecule has 1 saturated heterocycles. The van der Waals surface area contributed by atoms with Gasteiger partial charge in [-0.05, 0) is 36.9 Å². The highest BCUT2D eigenvalue weighted by Crippen LogP contribution is 2.39. The number of hydrogen-bond acceptors (Lipinski definition) is 5. The van der Waals surface area contributed by atoms with Gasteiger partial charge in [0.05, 0.1) is 11.8 Å². The summed E-state index contributed by atoms with van der Waals surface area (Å²) in [6, 6.07) is 10.5. The van der Waals surface area contributed by atoms with Crippen molar-refractivity contribution >= 4 is 11.8 Å². The zero-order chi connectivity index (χ0) is 14.7. The van der Waals surface area contributed by atoms with Gasteiger partial charge in [-0.3, -0.25) is 0 Å². The number of nitrogens with one attached hydrogen (secondary N) is 1. The fourth-order valence-electron chi connectivity index (χ4n) is 2.74. The van der Waals surface area contributed by atoms with Gasteiger partial charge in [0.1, 0.15) is 0 Å². The Morgan fingerprint density at radius 2 is 2.14 bits per heavy atom. The topological polar surface area (TPSA) is 51.0 Å². The van der Waals surface area contributed by atoms with E-state index >= 15 is 0 Å². The Labute approximate surface area is 129 Å². The van der Waals surface area contributed by atoms with Gasteiger partial charge in [0.25, 0.3) is 0 Å². The van der Waals surface area contributed by atoms with Crippen LogP contribution < -0.4 is 5.32 Å². The Morgan fingerprint density at radius 1 is 1.33 bits per heavy atom. The van der Waals surface area contributed by atoms with Crippen LogP contribution in [0, 0.1) is 5.41 Å². The second-order valence-corrected chi connectivity index (χ2v) is 7.18. The number of aromatic nitrogens is 2. The second kappa shape index (κ2) is 6.20. The summed E-state index contributed by atoms with van der Waals surface area (Å²) in [5.41, 5.74) is 0.161. The molecule has 112 valence electrons. The van der Waals surface area contributed by atoms with Crippen LogP contribution in [0.1, 0.15) is 44.4 Å². The summed E-state index contributed by atoms with van der Waals surface area (Å²) in [4.78, 5) is 5.81. The van der Waals surface area contributed by atoms with Gasteiger partial charge in [0, 0.05) is 4.90 Å². The second-order valence-electron chi connectivity index (χ2n) is 6.13. The summed E-state index contributed by atoms with van der Waals surface area (Å²) in [6.07, 6.45) is 2.38. The SMILES string of the molecule is CC1(C)CCCNC1c1nc(CSc2ccccc2)no1. The molecular weight excluding hydrogens is 282 g/mol. The quantitative estimate of drug-likeness (QED) is 0.870. The maximum atomic E-state index is 5.49. The molecule has 0 saturated carbocycles. The maximum absolute atomic E-state index is 5.49. The number of thioether (sulfide) groups is 1. The Hall–Kier alpha value is -1.33. The van der Waals surface area contributed by atoms with Gasteiger partial charge < -0.3 is 9.84 Å². The molecule has 1 atom stereocenters. The minimum absolute atomic E-state index is 0.161. The van der Waals surface area contributed by atoms with E-state index in [0.29, 0.717) is 0 Å². The van der Waals surface area contributed by atoms with Crippen LogP contribution in [-0.4, -0.2) is 16.7 Å².